The maximum absolute atomic E-state index is 13.7. The van der Waals surface area contributed by atoms with Gasteiger partial charge < -0.3 is 4.90 Å². The van der Waals surface area contributed by atoms with Crippen molar-refractivity contribution in [3.63, 3.8) is 0 Å². The second-order valence-electron chi connectivity index (χ2n) is 5.91. The highest BCUT2D eigenvalue weighted by Crippen LogP contribution is 2.46. The standard InChI is InChI=1S/C13H17F8N/c1-7(2)10(11(14,15)13(19,20)21)22-5-8(3)4-9(6-22)12(16,17)18/h8-9H,4-6H2,1-3H3. The molecule has 2 unspecified atom stereocenters. The first-order valence-electron chi connectivity index (χ1n) is 6.62. The van der Waals surface area contributed by atoms with Gasteiger partial charge >= 0.3 is 18.3 Å². The van der Waals surface area contributed by atoms with Crippen LogP contribution in [0.5, 0.6) is 0 Å². The first kappa shape index (κ1) is 19.0. The van der Waals surface area contributed by atoms with Crippen LogP contribution in [-0.2, 0) is 0 Å². The number of allylic oxidation sites excluding steroid dienone is 2. The van der Waals surface area contributed by atoms with Gasteiger partial charge in [-0.2, -0.15) is 35.1 Å². The van der Waals surface area contributed by atoms with Gasteiger partial charge in [0.05, 0.1) is 11.6 Å². The van der Waals surface area contributed by atoms with Crippen LogP contribution >= 0.6 is 0 Å². The summed E-state index contributed by atoms with van der Waals surface area (Å²) in [6.45, 7) is 2.33. The Kier molecular flexibility index (Phi) is 5.09. The lowest BCUT2D eigenvalue weighted by atomic mass is 9.88. The number of piperidine rings is 1. The Labute approximate surface area is 123 Å². The Morgan fingerprint density at radius 2 is 1.41 bits per heavy atom. The summed E-state index contributed by atoms with van der Waals surface area (Å²) in [5.41, 5.74) is -1.72. The minimum Gasteiger partial charge on any atom is -0.369 e. The monoisotopic (exact) mass is 339 g/mol. The first-order valence-corrected chi connectivity index (χ1v) is 6.62. The Bertz CT molecular complexity index is 430. The summed E-state index contributed by atoms with van der Waals surface area (Å²) in [5.74, 6) is -7.74. The molecule has 0 bridgehead atoms. The van der Waals surface area contributed by atoms with Crippen LogP contribution < -0.4 is 0 Å². The second kappa shape index (κ2) is 5.88. The van der Waals surface area contributed by atoms with Gasteiger partial charge in [-0.25, -0.2) is 0 Å². The minimum absolute atomic E-state index is 0.265. The van der Waals surface area contributed by atoms with Crippen LogP contribution in [0.4, 0.5) is 35.1 Å². The van der Waals surface area contributed by atoms with E-state index in [9.17, 15) is 35.1 Å². The predicted octanol–water partition coefficient (Wildman–Crippen LogP) is 5.00. The van der Waals surface area contributed by atoms with E-state index in [-0.39, 0.29) is 18.5 Å². The van der Waals surface area contributed by atoms with Gasteiger partial charge in [-0.1, -0.05) is 12.5 Å². The molecule has 1 heterocycles. The van der Waals surface area contributed by atoms with Crippen LogP contribution in [0.3, 0.4) is 0 Å². The van der Waals surface area contributed by atoms with Gasteiger partial charge in [0.2, 0.25) is 0 Å². The fourth-order valence-corrected chi connectivity index (χ4v) is 2.73. The summed E-state index contributed by atoms with van der Waals surface area (Å²) in [7, 11) is 0. The predicted molar refractivity (Wildman–Crippen MR) is 64.3 cm³/mol. The zero-order chi connectivity index (χ0) is 17.5. The molecule has 1 aliphatic heterocycles. The highest BCUT2D eigenvalue weighted by Gasteiger charge is 2.62. The largest absolute Gasteiger partial charge is 0.459 e. The van der Waals surface area contributed by atoms with Gasteiger partial charge in [0, 0.05) is 13.1 Å². The Morgan fingerprint density at radius 3 is 1.77 bits per heavy atom. The van der Waals surface area contributed by atoms with Crippen LogP contribution in [0, 0.1) is 11.8 Å². The number of likely N-dealkylation sites (tertiary alicyclic amines) is 1. The maximum atomic E-state index is 13.7. The van der Waals surface area contributed by atoms with E-state index in [1.54, 1.807) is 0 Å². The summed E-state index contributed by atoms with van der Waals surface area (Å²) in [6.07, 6.45) is -10.8. The molecule has 0 spiro atoms. The first-order chi connectivity index (χ1) is 9.68. The van der Waals surface area contributed by atoms with E-state index in [4.69, 9.17) is 0 Å². The van der Waals surface area contributed by atoms with Crippen LogP contribution in [-0.4, -0.2) is 36.3 Å². The molecule has 0 radical (unpaired) electrons. The van der Waals surface area contributed by atoms with Gasteiger partial charge in [0.25, 0.3) is 0 Å². The molecule has 1 aliphatic rings. The van der Waals surface area contributed by atoms with Crippen molar-refractivity contribution < 1.29 is 35.1 Å². The highest BCUT2D eigenvalue weighted by atomic mass is 19.4. The maximum Gasteiger partial charge on any atom is 0.459 e. The Hall–Kier alpha value is -1.02. The molecule has 1 rings (SSSR count). The zero-order valence-corrected chi connectivity index (χ0v) is 12.2. The van der Waals surface area contributed by atoms with Gasteiger partial charge in [-0.05, 0) is 26.2 Å². The molecule has 0 aromatic rings. The molecule has 1 fully saturated rings. The van der Waals surface area contributed by atoms with Crippen molar-refractivity contribution in [1.82, 2.24) is 4.90 Å². The molecule has 0 amide bonds. The number of nitrogens with zero attached hydrogens (tertiary/aromatic N) is 1. The molecule has 0 aromatic heterocycles. The second-order valence-corrected chi connectivity index (χ2v) is 5.91. The molecule has 0 N–H and O–H groups in total. The van der Waals surface area contributed by atoms with E-state index in [0.717, 1.165) is 13.8 Å². The van der Waals surface area contributed by atoms with Gasteiger partial charge in [0.15, 0.2) is 0 Å². The molecule has 22 heavy (non-hydrogen) atoms. The molecule has 0 aromatic carbocycles. The van der Waals surface area contributed by atoms with Gasteiger partial charge in [-0.15, -0.1) is 0 Å². The number of rotatable bonds is 2. The molecule has 9 heteroatoms. The minimum atomic E-state index is -5.85. The molecule has 0 saturated carbocycles. The fraction of sp³-hybridized carbons (Fsp3) is 0.846. The van der Waals surface area contributed by atoms with E-state index in [1.165, 1.54) is 6.92 Å². The molecule has 1 saturated heterocycles. The summed E-state index contributed by atoms with van der Waals surface area (Å²) in [4.78, 5) is 0.537. The lowest BCUT2D eigenvalue weighted by molar-refractivity contribution is -0.273. The molecule has 130 valence electrons. The number of halogens is 8. The number of hydrogen-bond acceptors (Lipinski definition) is 1. The fourth-order valence-electron chi connectivity index (χ4n) is 2.73. The van der Waals surface area contributed by atoms with E-state index in [0.29, 0.717) is 4.90 Å². The van der Waals surface area contributed by atoms with E-state index < -0.39 is 42.4 Å². The average Bonchev–Trinajstić information content (AvgIpc) is 2.24. The lowest BCUT2D eigenvalue weighted by Gasteiger charge is -2.42. The van der Waals surface area contributed by atoms with Gasteiger partial charge in [-0.3, -0.25) is 0 Å². The van der Waals surface area contributed by atoms with Crippen molar-refractivity contribution in [2.75, 3.05) is 13.1 Å². The van der Waals surface area contributed by atoms with Crippen LogP contribution in [0.15, 0.2) is 11.3 Å². The van der Waals surface area contributed by atoms with Crippen LogP contribution in [0.2, 0.25) is 0 Å². The van der Waals surface area contributed by atoms with E-state index in [2.05, 4.69) is 0 Å². The third kappa shape index (κ3) is 3.84. The van der Waals surface area contributed by atoms with Crippen molar-refractivity contribution in [2.24, 2.45) is 11.8 Å². The normalized spacial score (nSPS) is 24.4. The summed E-state index contributed by atoms with van der Waals surface area (Å²) < 4.78 is 104. The summed E-state index contributed by atoms with van der Waals surface area (Å²) in [6, 6.07) is 0. The molecule has 0 aliphatic carbocycles. The zero-order valence-electron chi connectivity index (χ0n) is 12.2. The third-order valence-corrected chi connectivity index (χ3v) is 3.57. The van der Waals surface area contributed by atoms with Crippen molar-refractivity contribution in [3.8, 4) is 0 Å². The van der Waals surface area contributed by atoms with Crippen molar-refractivity contribution in [3.05, 3.63) is 11.3 Å². The van der Waals surface area contributed by atoms with Crippen molar-refractivity contribution in [2.45, 2.75) is 45.5 Å². The topological polar surface area (TPSA) is 3.24 Å². The number of alkyl halides is 8. The van der Waals surface area contributed by atoms with Crippen molar-refractivity contribution in [1.29, 1.82) is 0 Å². The Balaban J connectivity index is 3.21. The summed E-state index contributed by atoms with van der Waals surface area (Å²) >= 11 is 0. The summed E-state index contributed by atoms with van der Waals surface area (Å²) in [5, 5.41) is 0. The Morgan fingerprint density at radius 1 is 0.909 bits per heavy atom. The number of hydrogen-bond donors (Lipinski definition) is 0. The molecular weight excluding hydrogens is 322 g/mol. The van der Waals surface area contributed by atoms with Crippen LogP contribution in [0.1, 0.15) is 27.2 Å². The molecule has 2 atom stereocenters. The lowest BCUT2D eigenvalue weighted by Crippen LogP contribution is -2.51. The smallest absolute Gasteiger partial charge is 0.369 e. The van der Waals surface area contributed by atoms with Gasteiger partial charge in [0.1, 0.15) is 0 Å². The molecular formula is C13H17F8N. The molecule has 1 nitrogen and oxygen atoms in total. The van der Waals surface area contributed by atoms with E-state index >= 15 is 0 Å². The average molecular weight is 339 g/mol. The third-order valence-electron chi connectivity index (χ3n) is 3.57. The van der Waals surface area contributed by atoms with Crippen molar-refractivity contribution >= 4 is 0 Å². The quantitative estimate of drug-likeness (QED) is 0.640. The highest BCUT2D eigenvalue weighted by molar-refractivity contribution is 5.21. The van der Waals surface area contributed by atoms with E-state index in [1.807, 2.05) is 0 Å². The SMILES string of the molecule is CC(C)=C(N1CC(C)CC(C(F)(F)F)C1)C(F)(F)C(F)(F)F. The van der Waals surface area contributed by atoms with Crippen LogP contribution in [0.25, 0.3) is 0 Å².